The number of urea groups is 1. The Morgan fingerprint density at radius 3 is 2.82 bits per heavy atom. The van der Waals surface area contributed by atoms with Crippen LogP contribution >= 0.6 is 0 Å². The number of aliphatic imine (C=N–C) groups is 1. The maximum absolute atomic E-state index is 11.8. The number of rotatable bonds is 6. The fraction of sp³-hybridized carbons (Fsp3) is 0.286. The summed E-state index contributed by atoms with van der Waals surface area (Å²) in [6.45, 7) is 1.17. The van der Waals surface area contributed by atoms with Crippen LogP contribution < -0.4 is 16.5 Å². The molecule has 118 valence electrons. The van der Waals surface area contributed by atoms with E-state index < -0.39 is 0 Å². The van der Waals surface area contributed by atoms with Gasteiger partial charge in [0.05, 0.1) is 19.4 Å². The van der Waals surface area contributed by atoms with Crippen molar-refractivity contribution in [3.63, 3.8) is 0 Å². The summed E-state index contributed by atoms with van der Waals surface area (Å²) in [6, 6.07) is 6.35. The Balaban J connectivity index is 1.81. The lowest BCUT2D eigenvalue weighted by Crippen LogP contribution is -2.33. The van der Waals surface area contributed by atoms with E-state index in [4.69, 9.17) is 5.90 Å². The number of hydrogen-bond acceptors (Lipinski definition) is 5. The second-order valence-electron chi connectivity index (χ2n) is 4.43. The average molecular weight is 307 g/mol. The van der Waals surface area contributed by atoms with Crippen LogP contribution in [0, 0.1) is 0 Å². The van der Waals surface area contributed by atoms with E-state index >= 15 is 0 Å². The third-order valence-corrected chi connectivity index (χ3v) is 2.84. The van der Waals surface area contributed by atoms with Crippen molar-refractivity contribution in [2.24, 2.45) is 10.9 Å². The summed E-state index contributed by atoms with van der Waals surface area (Å²) in [5, 5.41) is 10.0. The third-order valence-electron chi connectivity index (χ3n) is 2.84. The Kier molecular flexibility index (Phi) is 5.90. The first-order valence-electron chi connectivity index (χ1n) is 6.73. The first kappa shape index (κ1) is 16.0. The SMILES string of the molecule is COO[O+](N)c1ccc(NC(=O)NCC2=NCCC=C2)cc1. The summed E-state index contributed by atoms with van der Waals surface area (Å²) in [4.78, 5) is 20.5. The summed E-state index contributed by atoms with van der Waals surface area (Å²) in [7, 11) is 1.33. The van der Waals surface area contributed by atoms with Gasteiger partial charge in [-0.2, -0.15) is 4.89 Å². The molecule has 0 spiro atoms. The molecule has 0 radical (unpaired) electrons. The number of nitrogens with zero attached hydrogens (tertiary/aromatic N) is 1. The van der Waals surface area contributed by atoms with Crippen molar-refractivity contribution in [1.29, 1.82) is 0 Å². The van der Waals surface area contributed by atoms with Crippen LogP contribution in [0.5, 0.6) is 5.75 Å². The normalized spacial score (nSPS) is 13.5. The van der Waals surface area contributed by atoms with Crippen molar-refractivity contribution < 1.29 is 19.3 Å². The zero-order valence-electron chi connectivity index (χ0n) is 12.2. The van der Waals surface area contributed by atoms with E-state index in [0.29, 0.717) is 18.0 Å². The van der Waals surface area contributed by atoms with Crippen molar-refractivity contribution in [2.45, 2.75) is 6.42 Å². The van der Waals surface area contributed by atoms with Crippen LogP contribution in [0.4, 0.5) is 10.5 Å². The molecule has 0 saturated carbocycles. The molecular formula is C14H19N4O4+. The zero-order valence-corrected chi connectivity index (χ0v) is 12.2. The monoisotopic (exact) mass is 307 g/mol. The number of carbonyl (C=O) groups excluding carboxylic acids is 1. The van der Waals surface area contributed by atoms with Crippen LogP contribution in [-0.2, 0) is 14.5 Å². The fourth-order valence-electron chi connectivity index (χ4n) is 1.80. The van der Waals surface area contributed by atoms with Crippen molar-refractivity contribution in [3.8, 4) is 5.75 Å². The Labute approximate surface area is 128 Å². The molecule has 1 aromatic rings. The molecule has 1 aliphatic rings. The molecule has 8 heteroatoms. The Morgan fingerprint density at radius 2 is 2.18 bits per heavy atom. The summed E-state index contributed by atoms with van der Waals surface area (Å²) < 4.78 is 1.79. The minimum absolute atomic E-state index is 0.306. The van der Waals surface area contributed by atoms with Crippen molar-refractivity contribution >= 4 is 17.4 Å². The van der Waals surface area contributed by atoms with Crippen molar-refractivity contribution in [1.82, 2.24) is 5.32 Å². The van der Waals surface area contributed by atoms with Gasteiger partial charge in [0.25, 0.3) is 0 Å². The number of benzene rings is 1. The van der Waals surface area contributed by atoms with Crippen molar-refractivity contribution in [3.05, 3.63) is 36.4 Å². The van der Waals surface area contributed by atoms with Crippen LogP contribution in [-0.4, -0.2) is 31.9 Å². The molecule has 22 heavy (non-hydrogen) atoms. The van der Waals surface area contributed by atoms with Crippen LogP contribution in [0.3, 0.4) is 0 Å². The quantitative estimate of drug-likeness (QED) is 0.424. The molecule has 4 N–H and O–H groups in total. The van der Waals surface area contributed by atoms with Crippen LogP contribution in [0.1, 0.15) is 6.42 Å². The van der Waals surface area contributed by atoms with E-state index in [-0.39, 0.29) is 6.03 Å². The molecule has 0 bridgehead atoms. The number of dihydropyridines is 1. The van der Waals surface area contributed by atoms with Crippen LogP contribution in [0.2, 0.25) is 0 Å². The first-order valence-corrected chi connectivity index (χ1v) is 6.73. The van der Waals surface area contributed by atoms with Gasteiger partial charge >= 0.3 is 11.8 Å². The molecule has 1 aromatic carbocycles. The number of amides is 2. The summed E-state index contributed by atoms with van der Waals surface area (Å²) in [5.74, 6) is 5.97. The molecule has 0 saturated heterocycles. The highest BCUT2D eigenvalue weighted by Crippen LogP contribution is 2.22. The van der Waals surface area contributed by atoms with Gasteiger partial charge in [0.1, 0.15) is 5.04 Å². The predicted molar refractivity (Wildman–Crippen MR) is 82.3 cm³/mol. The number of hydrogen-bond donors (Lipinski definition) is 3. The summed E-state index contributed by atoms with van der Waals surface area (Å²) >= 11 is 0. The van der Waals surface area contributed by atoms with Gasteiger partial charge in [-0.05, 0) is 30.5 Å². The topological polar surface area (TPSA) is 101 Å². The summed E-state index contributed by atoms with van der Waals surface area (Å²) in [6.07, 6.45) is 4.91. The lowest BCUT2D eigenvalue weighted by atomic mass is 10.2. The van der Waals surface area contributed by atoms with Gasteiger partial charge in [-0.3, -0.25) is 4.99 Å². The van der Waals surface area contributed by atoms with Gasteiger partial charge in [0.15, 0.2) is 0 Å². The largest absolute Gasteiger partial charge is 0.332 e. The maximum atomic E-state index is 11.8. The predicted octanol–water partition coefficient (Wildman–Crippen LogP) is 1.84. The highest BCUT2D eigenvalue weighted by Gasteiger charge is 2.12. The van der Waals surface area contributed by atoms with Crippen LogP contribution in [0.15, 0.2) is 41.4 Å². The Hall–Kier alpha value is -2.42. The lowest BCUT2D eigenvalue weighted by molar-refractivity contribution is -0.581. The summed E-state index contributed by atoms with van der Waals surface area (Å²) in [5.41, 5.74) is 1.48. The smallest absolute Gasteiger partial charge is 0.332 e. The average Bonchev–Trinajstić information content (AvgIpc) is 2.55. The Bertz CT molecular complexity index is 556. The van der Waals surface area contributed by atoms with Gasteiger partial charge in [-0.15, -0.1) is 0 Å². The minimum Gasteiger partial charge on any atom is -0.332 e. The molecule has 0 atom stereocenters. The van der Waals surface area contributed by atoms with E-state index in [1.165, 1.54) is 7.11 Å². The van der Waals surface area contributed by atoms with E-state index in [9.17, 15) is 4.79 Å². The van der Waals surface area contributed by atoms with Gasteiger partial charge in [0, 0.05) is 24.4 Å². The molecule has 8 nitrogen and oxygen atoms in total. The number of carbonyl (C=O) groups is 1. The molecular weight excluding hydrogens is 288 g/mol. The highest BCUT2D eigenvalue weighted by molar-refractivity contribution is 6.00. The molecule has 0 fully saturated rings. The zero-order chi connectivity index (χ0) is 15.8. The number of anilines is 1. The third kappa shape index (κ3) is 4.85. The Morgan fingerprint density at radius 1 is 1.41 bits per heavy atom. The van der Waals surface area contributed by atoms with E-state index in [2.05, 4.69) is 25.6 Å². The number of nitrogens with two attached hydrogens (primary N) is 1. The van der Waals surface area contributed by atoms with Crippen LogP contribution in [0.25, 0.3) is 0 Å². The molecule has 2 amide bonds. The first-order chi connectivity index (χ1) is 10.7. The molecule has 0 aliphatic carbocycles. The fourth-order valence-corrected chi connectivity index (χ4v) is 1.80. The van der Waals surface area contributed by atoms with E-state index in [1.54, 1.807) is 28.9 Å². The second kappa shape index (κ2) is 8.13. The van der Waals surface area contributed by atoms with Gasteiger partial charge < -0.3 is 10.6 Å². The van der Waals surface area contributed by atoms with E-state index in [0.717, 1.165) is 18.7 Å². The van der Waals surface area contributed by atoms with Gasteiger partial charge in [0.2, 0.25) is 0 Å². The molecule has 1 aliphatic heterocycles. The minimum atomic E-state index is -0.306. The molecule has 1 heterocycles. The lowest BCUT2D eigenvalue weighted by Gasteiger charge is -2.10. The second-order valence-corrected chi connectivity index (χ2v) is 4.43. The van der Waals surface area contributed by atoms with Gasteiger partial charge in [-0.25, -0.2) is 9.41 Å². The molecule has 0 unspecified atom stereocenters. The number of nitrogens with one attached hydrogen (secondary N) is 2. The van der Waals surface area contributed by atoms with Crippen molar-refractivity contribution in [2.75, 3.05) is 25.5 Å². The standard InChI is InChI=1S/C14H18N4O4/c1-20-21-22(15)13-7-5-11(6-8-13)18-14(19)17-10-12-4-2-3-9-16-12/h2,4-8H,3,9-10,15H2,1H3,(H-,17,18,19)/p+1. The van der Waals surface area contributed by atoms with Gasteiger partial charge in [-0.1, -0.05) is 6.08 Å². The molecule has 0 aromatic heterocycles. The maximum Gasteiger partial charge on any atom is 0.332 e. The molecule has 2 rings (SSSR count). The van der Waals surface area contributed by atoms with E-state index in [1.807, 2.05) is 12.2 Å². The highest BCUT2D eigenvalue weighted by atomic mass is 17.6.